The molecule has 0 unspecified atom stereocenters. The Hall–Kier alpha value is -3.15. The zero-order valence-electron chi connectivity index (χ0n) is 13.9. The summed E-state index contributed by atoms with van der Waals surface area (Å²) in [5.74, 6) is 0.570. The van der Waals surface area contributed by atoms with Gasteiger partial charge in [-0.25, -0.2) is 4.98 Å². The van der Waals surface area contributed by atoms with Gasteiger partial charge in [-0.15, -0.1) is 0 Å². The van der Waals surface area contributed by atoms with Crippen LogP contribution in [0.3, 0.4) is 0 Å². The lowest BCUT2D eigenvalue weighted by atomic mass is 10.1. The molecule has 1 heterocycles. The molecule has 0 saturated heterocycles. The Morgan fingerprint density at radius 2 is 1.92 bits per heavy atom. The minimum Gasteiger partial charge on any atom is -0.496 e. The number of aromatic nitrogens is 2. The molecule has 0 aliphatic carbocycles. The molecule has 0 aliphatic heterocycles. The first-order valence-electron chi connectivity index (χ1n) is 8.02. The summed E-state index contributed by atoms with van der Waals surface area (Å²) in [6.07, 6.45) is 2.06. The van der Waals surface area contributed by atoms with Crippen molar-refractivity contribution < 1.29 is 9.53 Å². The van der Waals surface area contributed by atoms with Gasteiger partial charge in [-0.05, 0) is 30.2 Å². The fourth-order valence-corrected chi connectivity index (χ4v) is 2.68. The van der Waals surface area contributed by atoms with Crippen molar-refractivity contribution in [2.24, 2.45) is 0 Å². The number of rotatable bonds is 6. The van der Waals surface area contributed by atoms with E-state index >= 15 is 0 Å². The normalized spacial score (nSPS) is 10.6. The lowest BCUT2D eigenvalue weighted by molar-refractivity contribution is -0.121. The lowest BCUT2D eigenvalue weighted by Crippen LogP contribution is -2.33. The third-order valence-electron chi connectivity index (χ3n) is 3.95. The van der Waals surface area contributed by atoms with Crippen LogP contribution in [0.25, 0.3) is 10.9 Å². The minimum absolute atomic E-state index is 0.0530. The number of para-hydroxylation sites is 2. The Balaban J connectivity index is 1.61. The molecule has 6 nitrogen and oxygen atoms in total. The molecule has 0 aliphatic rings. The topological polar surface area (TPSA) is 73.2 Å². The monoisotopic (exact) mass is 337 g/mol. The summed E-state index contributed by atoms with van der Waals surface area (Å²) >= 11 is 0. The standard InChI is InChI=1S/C19H19N3O3/c1-25-17-9-5-2-6-14(17)10-11-20-18(23)12-22-13-21-16-8-4-3-7-15(16)19(22)24/h2-9,13H,10-12H2,1H3,(H,20,23). The van der Waals surface area contributed by atoms with Gasteiger partial charge in [-0.3, -0.25) is 14.2 Å². The molecule has 0 bridgehead atoms. The van der Waals surface area contributed by atoms with Crippen molar-refractivity contribution in [3.8, 4) is 5.75 Å². The van der Waals surface area contributed by atoms with Crippen LogP contribution in [-0.2, 0) is 17.8 Å². The van der Waals surface area contributed by atoms with Crippen molar-refractivity contribution in [2.45, 2.75) is 13.0 Å². The smallest absolute Gasteiger partial charge is 0.261 e. The number of carbonyl (C=O) groups is 1. The molecule has 0 spiro atoms. The SMILES string of the molecule is COc1ccccc1CCNC(=O)Cn1cnc2ccccc2c1=O. The molecule has 3 rings (SSSR count). The van der Waals surface area contributed by atoms with E-state index < -0.39 is 0 Å². The van der Waals surface area contributed by atoms with Gasteiger partial charge in [0.1, 0.15) is 12.3 Å². The summed E-state index contributed by atoms with van der Waals surface area (Å²) in [7, 11) is 1.62. The van der Waals surface area contributed by atoms with E-state index in [-0.39, 0.29) is 18.0 Å². The van der Waals surface area contributed by atoms with Crippen molar-refractivity contribution in [2.75, 3.05) is 13.7 Å². The van der Waals surface area contributed by atoms with Crippen LogP contribution < -0.4 is 15.6 Å². The Bertz CT molecular complexity index is 950. The first-order valence-corrected chi connectivity index (χ1v) is 8.02. The Labute approximate surface area is 145 Å². The molecule has 0 fully saturated rings. The zero-order valence-corrected chi connectivity index (χ0v) is 13.9. The molecule has 3 aromatic rings. The van der Waals surface area contributed by atoms with Gasteiger partial charge in [-0.2, -0.15) is 0 Å². The second-order valence-electron chi connectivity index (χ2n) is 5.61. The number of ether oxygens (including phenoxy) is 1. The maximum absolute atomic E-state index is 12.4. The number of nitrogens with one attached hydrogen (secondary N) is 1. The Kier molecular flexibility index (Phi) is 5.09. The fraction of sp³-hybridized carbons (Fsp3) is 0.211. The van der Waals surface area contributed by atoms with E-state index in [0.29, 0.717) is 23.9 Å². The minimum atomic E-state index is -0.228. The molecule has 1 N–H and O–H groups in total. The van der Waals surface area contributed by atoms with Gasteiger partial charge in [0.2, 0.25) is 5.91 Å². The van der Waals surface area contributed by atoms with Crippen LogP contribution >= 0.6 is 0 Å². The van der Waals surface area contributed by atoms with E-state index in [2.05, 4.69) is 10.3 Å². The highest BCUT2D eigenvalue weighted by molar-refractivity contribution is 5.78. The van der Waals surface area contributed by atoms with E-state index in [1.807, 2.05) is 30.3 Å². The summed E-state index contributed by atoms with van der Waals surface area (Å²) in [6.45, 7) is 0.414. The summed E-state index contributed by atoms with van der Waals surface area (Å²) < 4.78 is 6.61. The van der Waals surface area contributed by atoms with Gasteiger partial charge in [0.15, 0.2) is 0 Å². The van der Waals surface area contributed by atoms with Crippen LogP contribution in [0.4, 0.5) is 0 Å². The highest BCUT2D eigenvalue weighted by Gasteiger charge is 2.08. The summed E-state index contributed by atoms with van der Waals surface area (Å²) in [5, 5.41) is 3.33. The molecule has 25 heavy (non-hydrogen) atoms. The molecule has 0 saturated carbocycles. The van der Waals surface area contributed by atoms with Crippen LogP contribution in [0.1, 0.15) is 5.56 Å². The van der Waals surface area contributed by atoms with Gasteiger partial charge in [0.25, 0.3) is 5.56 Å². The van der Waals surface area contributed by atoms with Gasteiger partial charge in [-0.1, -0.05) is 30.3 Å². The van der Waals surface area contributed by atoms with Gasteiger partial charge < -0.3 is 10.1 Å². The Morgan fingerprint density at radius 3 is 2.76 bits per heavy atom. The van der Waals surface area contributed by atoms with Crippen LogP contribution in [0.15, 0.2) is 59.7 Å². The Morgan fingerprint density at radius 1 is 1.16 bits per heavy atom. The second-order valence-corrected chi connectivity index (χ2v) is 5.61. The van der Waals surface area contributed by atoms with Crippen LogP contribution in [0.2, 0.25) is 0 Å². The van der Waals surface area contributed by atoms with Crippen molar-refractivity contribution in [1.29, 1.82) is 0 Å². The second kappa shape index (κ2) is 7.61. The highest BCUT2D eigenvalue weighted by Crippen LogP contribution is 2.17. The number of fused-ring (bicyclic) bond motifs is 1. The molecular weight excluding hydrogens is 318 g/mol. The molecule has 0 atom stereocenters. The van der Waals surface area contributed by atoms with E-state index in [0.717, 1.165) is 11.3 Å². The molecule has 1 amide bonds. The van der Waals surface area contributed by atoms with E-state index in [1.54, 1.807) is 25.3 Å². The number of hydrogen-bond donors (Lipinski definition) is 1. The largest absolute Gasteiger partial charge is 0.496 e. The van der Waals surface area contributed by atoms with Gasteiger partial charge in [0.05, 0.1) is 24.3 Å². The zero-order chi connectivity index (χ0) is 17.6. The van der Waals surface area contributed by atoms with Crippen molar-refractivity contribution in [3.05, 3.63) is 70.8 Å². The number of carbonyl (C=O) groups excluding carboxylic acids is 1. The predicted octanol–water partition coefficient (Wildman–Crippen LogP) is 1.76. The van der Waals surface area contributed by atoms with Gasteiger partial charge >= 0.3 is 0 Å². The molecule has 1 aromatic heterocycles. The van der Waals surface area contributed by atoms with Crippen molar-refractivity contribution in [3.63, 3.8) is 0 Å². The lowest BCUT2D eigenvalue weighted by Gasteiger charge is -2.10. The van der Waals surface area contributed by atoms with Crippen molar-refractivity contribution in [1.82, 2.24) is 14.9 Å². The molecule has 6 heteroatoms. The maximum Gasteiger partial charge on any atom is 0.261 e. The van der Waals surface area contributed by atoms with Crippen LogP contribution in [-0.4, -0.2) is 29.1 Å². The first-order chi connectivity index (χ1) is 12.2. The average Bonchev–Trinajstić information content (AvgIpc) is 2.64. The quantitative estimate of drug-likeness (QED) is 0.744. The molecular formula is C19H19N3O3. The first kappa shape index (κ1) is 16.7. The van der Waals surface area contributed by atoms with Crippen LogP contribution in [0.5, 0.6) is 5.75 Å². The predicted molar refractivity (Wildman–Crippen MR) is 95.7 cm³/mol. The fourth-order valence-electron chi connectivity index (χ4n) is 2.68. The summed E-state index contributed by atoms with van der Waals surface area (Å²) in [6, 6.07) is 14.8. The summed E-state index contributed by atoms with van der Waals surface area (Å²) in [5.41, 5.74) is 1.43. The van der Waals surface area contributed by atoms with Crippen LogP contribution in [0, 0.1) is 0 Å². The van der Waals surface area contributed by atoms with E-state index in [4.69, 9.17) is 4.74 Å². The number of hydrogen-bond acceptors (Lipinski definition) is 4. The van der Waals surface area contributed by atoms with E-state index in [1.165, 1.54) is 10.9 Å². The molecule has 0 radical (unpaired) electrons. The number of nitrogens with zero attached hydrogens (tertiary/aromatic N) is 2. The number of methoxy groups -OCH3 is 1. The van der Waals surface area contributed by atoms with Crippen molar-refractivity contribution >= 4 is 16.8 Å². The summed E-state index contributed by atoms with van der Waals surface area (Å²) in [4.78, 5) is 28.7. The maximum atomic E-state index is 12.4. The third-order valence-corrected chi connectivity index (χ3v) is 3.95. The number of benzene rings is 2. The van der Waals surface area contributed by atoms with E-state index in [9.17, 15) is 9.59 Å². The van der Waals surface area contributed by atoms with Gasteiger partial charge in [0, 0.05) is 6.54 Å². The average molecular weight is 337 g/mol. The molecule has 2 aromatic carbocycles. The highest BCUT2D eigenvalue weighted by atomic mass is 16.5. The number of amides is 1. The third kappa shape index (κ3) is 3.85. The molecule has 128 valence electrons.